The van der Waals surface area contributed by atoms with E-state index in [0.717, 1.165) is 15.3 Å². The first kappa shape index (κ1) is 17.8. The number of nitrogens with one attached hydrogen (secondary N) is 1. The number of carbonyl (C=O) groups is 2. The number of thiophene rings is 1. The summed E-state index contributed by atoms with van der Waals surface area (Å²) in [6, 6.07) is 1.75. The third-order valence-corrected chi connectivity index (χ3v) is 4.84. The van der Waals surface area contributed by atoms with Gasteiger partial charge in [-0.05, 0) is 32.4 Å². The van der Waals surface area contributed by atoms with Gasteiger partial charge in [0.2, 0.25) is 11.8 Å². The van der Waals surface area contributed by atoms with E-state index < -0.39 is 24.5 Å². The van der Waals surface area contributed by atoms with Gasteiger partial charge in [0.1, 0.15) is 6.54 Å². The molecule has 1 aromatic rings. The fraction of sp³-hybridized carbons (Fsp3) is 0.600. The van der Waals surface area contributed by atoms with Crippen molar-refractivity contribution in [2.75, 3.05) is 13.1 Å². The second-order valence-corrected chi connectivity index (χ2v) is 7.35. The number of hydrogen-bond donors (Lipinski definition) is 1. The van der Waals surface area contributed by atoms with E-state index in [1.165, 1.54) is 0 Å². The van der Waals surface area contributed by atoms with Crippen LogP contribution in [0.5, 0.6) is 0 Å². The third-order valence-electron chi connectivity index (χ3n) is 3.86. The van der Waals surface area contributed by atoms with Crippen LogP contribution in [0.2, 0.25) is 0 Å². The number of nitrogens with zero attached hydrogens (tertiary/aromatic N) is 1. The molecule has 0 radical (unpaired) electrons. The molecule has 2 rings (SSSR count). The smallest absolute Gasteiger partial charge is 0.349 e. The van der Waals surface area contributed by atoms with Crippen LogP contribution in [0, 0.1) is 19.8 Å². The van der Waals surface area contributed by atoms with E-state index in [4.69, 9.17) is 0 Å². The van der Waals surface area contributed by atoms with E-state index in [1.54, 1.807) is 11.3 Å². The van der Waals surface area contributed by atoms with E-state index in [1.807, 2.05) is 26.8 Å². The molecule has 1 aromatic heterocycles. The zero-order valence-electron chi connectivity index (χ0n) is 13.2. The zero-order valence-corrected chi connectivity index (χ0v) is 14.0. The molecule has 1 saturated heterocycles. The molecule has 2 atom stereocenters. The monoisotopic (exact) mass is 348 g/mol. The van der Waals surface area contributed by atoms with E-state index in [2.05, 4.69) is 5.32 Å². The third kappa shape index (κ3) is 4.46. The summed E-state index contributed by atoms with van der Waals surface area (Å²) in [4.78, 5) is 26.8. The van der Waals surface area contributed by atoms with Gasteiger partial charge < -0.3 is 10.2 Å². The van der Waals surface area contributed by atoms with Crippen molar-refractivity contribution in [3.63, 3.8) is 0 Å². The van der Waals surface area contributed by atoms with Gasteiger partial charge in [-0.3, -0.25) is 9.59 Å². The number of rotatable bonds is 4. The molecule has 1 N–H and O–H groups in total. The molecule has 2 unspecified atom stereocenters. The van der Waals surface area contributed by atoms with E-state index >= 15 is 0 Å². The molecule has 0 saturated carbocycles. The second-order valence-electron chi connectivity index (χ2n) is 5.89. The number of likely N-dealkylation sites (tertiary alicyclic amines) is 1. The largest absolute Gasteiger partial charge is 0.406 e. The lowest BCUT2D eigenvalue weighted by molar-refractivity contribution is -0.157. The molecule has 23 heavy (non-hydrogen) atoms. The van der Waals surface area contributed by atoms with Gasteiger partial charge in [0.15, 0.2) is 0 Å². The van der Waals surface area contributed by atoms with Gasteiger partial charge >= 0.3 is 6.18 Å². The summed E-state index contributed by atoms with van der Waals surface area (Å²) in [6.45, 7) is 4.28. The van der Waals surface area contributed by atoms with Crippen molar-refractivity contribution in [2.24, 2.45) is 5.92 Å². The van der Waals surface area contributed by atoms with Crippen molar-refractivity contribution in [3.8, 4) is 0 Å². The molecular weight excluding hydrogens is 329 g/mol. The molecule has 1 aliphatic heterocycles. The van der Waals surface area contributed by atoms with Gasteiger partial charge in [-0.15, -0.1) is 11.3 Å². The molecule has 0 spiro atoms. The highest BCUT2D eigenvalue weighted by Gasteiger charge is 2.40. The Morgan fingerprint density at radius 3 is 2.65 bits per heavy atom. The minimum atomic E-state index is -4.44. The van der Waals surface area contributed by atoms with Gasteiger partial charge in [0, 0.05) is 22.7 Å². The Kier molecular flexibility index (Phi) is 5.03. The molecule has 0 aromatic carbocycles. The quantitative estimate of drug-likeness (QED) is 0.909. The van der Waals surface area contributed by atoms with Crippen LogP contribution < -0.4 is 5.32 Å². The summed E-state index contributed by atoms with van der Waals surface area (Å²) in [5.41, 5.74) is 0.998. The highest BCUT2D eigenvalue weighted by atomic mass is 32.1. The molecule has 0 aliphatic carbocycles. The Labute approximate surface area is 136 Å². The van der Waals surface area contributed by atoms with Crippen LogP contribution >= 0.6 is 11.3 Å². The first-order chi connectivity index (χ1) is 10.6. The van der Waals surface area contributed by atoms with Crippen LogP contribution in [0.4, 0.5) is 13.2 Å². The van der Waals surface area contributed by atoms with Gasteiger partial charge in [0.25, 0.3) is 0 Å². The van der Waals surface area contributed by atoms with Crippen LogP contribution in [0.3, 0.4) is 0 Å². The van der Waals surface area contributed by atoms with Crippen LogP contribution in [0.25, 0.3) is 0 Å². The SMILES string of the molecule is Cc1cc(C(C)NC(=O)C2CC(=O)N(CC(F)(F)F)C2)c(C)s1. The Bertz CT molecular complexity index is 612. The number of halogens is 3. The highest BCUT2D eigenvalue weighted by molar-refractivity contribution is 7.12. The lowest BCUT2D eigenvalue weighted by atomic mass is 10.1. The molecule has 0 bridgehead atoms. The first-order valence-electron chi connectivity index (χ1n) is 7.28. The topological polar surface area (TPSA) is 49.4 Å². The molecular formula is C15H19F3N2O2S. The number of amides is 2. The summed E-state index contributed by atoms with van der Waals surface area (Å²) < 4.78 is 37.2. The normalized spacial score (nSPS) is 20.0. The van der Waals surface area contributed by atoms with Crippen LogP contribution in [-0.4, -0.2) is 36.0 Å². The first-order valence-corrected chi connectivity index (χ1v) is 8.10. The second kappa shape index (κ2) is 6.51. The van der Waals surface area contributed by atoms with E-state index in [-0.39, 0.29) is 24.9 Å². The maximum absolute atomic E-state index is 12.4. The fourth-order valence-electron chi connectivity index (χ4n) is 2.81. The lowest BCUT2D eigenvalue weighted by Gasteiger charge is -2.19. The average molecular weight is 348 g/mol. The minimum absolute atomic E-state index is 0.170. The van der Waals surface area contributed by atoms with Crippen molar-refractivity contribution in [2.45, 2.75) is 39.4 Å². The molecule has 128 valence electrons. The van der Waals surface area contributed by atoms with E-state index in [9.17, 15) is 22.8 Å². The highest BCUT2D eigenvalue weighted by Crippen LogP contribution is 2.28. The van der Waals surface area contributed by atoms with Crippen molar-refractivity contribution in [1.29, 1.82) is 0 Å². The van der Waals surface area contributed by atoms with Crippen LogP contribution in [0.1, 0.15) is 34.7 Å². The summed E-state index contributed by atoms with van der Waals surface area (Å²) >= 11 is 1.63. The average Bonchev–Trinajstić information content (AvgIpc) is 2.91. The molecule has 1 aliphatic rings. The standard InChI is InChI=1S/C15H19F3N2O2S/c1-8-4-12(10(3)23-8)9(2)19-14(22)11-5-13(21)20(6-11)7-15(16,17)18/h4,9,11H,5-7H2,1-3H3,(H,19,22). The summed E-state index contributed by atoms with van der Waals surface area (Å²) in [5, 5.41) is 2.80. The number of alkyl halides is 3. The molecule has 8 heteroatoms. The van der Waals surface area contributed by atoms with Crippen molar-refractivity contribution < 1.29 is 22.8 Å². The minimum Gasteiger partial charge on any atom is -0.349 e. The number of carbonyl (C=O) groups excluding carboxylic acids is 2. The van der Waals surface area contributed by atoms with Gasteiger partial charge in [-0.1, -0.05) is 0 Å². The van der Waals surface area contributed by atoms with Crippen molar-refractivity contribution in [3.05, 3.63) is 21.4 Å². The maximum Gasteiger partial charge on any atom is 0.406 e. The van der Waals surface area contributed by atoms with Crippen molar-refractivity contribution in [1.82, 2.24) is 10.2 Å². The van der Waals surface area contributed by atoms with Gasteiger partial charge in [-0.2, -0.15) is 13.2 Å². The Morgan fingerprint density at radius 1 is 1.48 bits per heavy atom. The number of hydrogen-bond acceptors (Lipinski definition) is 3. The predicted octanol–water partition coefficient (Wildman–Crippen LogP) is 2.95. The Balaban J connectivity index is 1.96. The lowest BCUT2D eigenvalue weighted by Crippen LogP contribution is -2.37. The molecule has 4 nitrogen and oxygen atoms in total. The Morgan fingerprint density at radius 2 is 2.13 bits per heavy atom. The molecule has 2 heterocycles. The van der Waals surface area contributed by atoms with Gasteiger partial charge in [0.05, 0.1) is 12.0 Å². The fourth-order valence-corrected chi connectivity index (χ4v) is 3.83. The van der Waals surface area contributed by atoms with Crippen LogP contribution in [0.15, 0.2) is 6.07 Å². The van der Waals surface area contributed by atoms with Gasteiger partial charge in [-0.25, -0.2) is 0 Å². The summed E-state index contributed by atoms with van der Waals surface area (Å²) in [6.07, 6.45) is -4.62. The summed E-state index contributed by atoms with van der Waals surface area (Å²) in [7, 11) is 0. The van der Waals surface area contributed by atoms with Crippen LogP contribution in [-0.2, 0) is 9.59 Å². The zero-order chi connectivity index (χ0) is 17.4. The van der Waals surface area contributed by atoms with E-state index in [0.29, 0.717) is 4.90 Å². The maximum atomic E-state index is 12.4. The van der Waals surface area contributed by atoms with Crippen molar-refractivity contribution >= 4 is 23.2 Å². The summed E-state index contributed by atoms with van der Waals surface area (Å²) in [5.74, 6) is -1.73. The predicted molar refractivity (Wildman–Crippen MR) is 81.1 cm³/mol. The number of aryl methyl sites for hydroxylation is 2. The molecule has 1 fully saturated rings. The Hall–Kier alpha value is -1.57. The molecule has 2 amide bonds.